The summed E-state index contributed by atoms with van der Waals surface area (Å²) in [4.78, 5) is 11.4. The van der Waals surface area contributed by atoms with Crippen LogP contribution < -0.4 is 10.7 Å². The molecule has 8 heteroatoms. The topological polar surface area (TPSA) is 72.0 Å². The minimum absolute atomic E-state index is 0.137. The molecular weight excluding hydrogens is 297 g/mol. The Morgan fingerprint density at radius 2 is 2.29 bits per heavy atom. The number of ether oxygens (including phenoxy) is 2. The molecule has 0 saturated heterocycles. The van der Waals surface area contributed by atoms with Crippen LogP contribution in [0.25, 0.3) is 0 Å². The van der Waals surface area contributed by atoms with Gasteiger partial charge in [-0.3, -0.25) is 5.43 Å². The van der Waals surface area contributed by atoms with Crippen molar-refractivity contribution in [1.29, 1.82) is 0 Å². The summed E-state index contributed by atoms with van der Waals surface area (Å²) >= 11 is 4.95. The summed E-state index contributed by atoms with van der Waals surface area (Å²) in [6.45, 7) is 2.26. The highest BCUT2D eigenvalue weighted by Crippen LogP contribution is 2.15. The minimum atomic E-state index is -0.733. The van der Waals surface area contributed by atoms with Crippen LogP contribution in [0.1, 0.15) is 22.8 Å². The van der Waals surface area contributed by atoms with Gasteiger partial charge in [0.1, 0.15) is 11.5 Å². The van der Waals surface area contributed by atoms with Crippen LogP contribution in [0.15, 0.2) is 23.3 Å². The molecule has 1 heterocycles. The Kier molecular flexibility index (Phi) is 4.81. The third-order valence-electron chi connectivity index (χ3n) is 2.79. The lowest BCUT2D eigenvalue weighted by molar-refractivity contribution is 0.0595. The first-order valence-electron chi connectivity index (χ1n) is 6.20. The number of carbonyl (C=O) groups excluding carboxylic acids is 1. The van der Waals surface area contributed by atoms with E-state index in [0.717, 1.165) is 0 Å². The zero-order valence-electron chi connectivity index (χ0n) is 11.5. The summed E-state index contributed by atoms with van der Waals surface area (Å²) in [6.07, 6.45) is -0.577. The number of carbonyl (C=O) groups is 1. The van der Waals surface area contributed by atoms with E-state index in [1.165, 1.54) is 19.2 Å². The molecule has 1 aromatic rings. The van der Waals surface area contributed by atoms with E-state index < -0.39 is 18.0 Å². The van der Waals surface area contributed by atoms with Crippen molar-refractivity contribution < 1.29 is 18.7 Å². The molecule has 0 bridgehead atoms. The number of thiocarbonyl (C=S) groups is 1. The molecule has 0 aliphatic carbocycles. The Hall–Kier alpha value is -2.06. The smallest absolute Gasteiger partial charge is 0.340 e. The molecule has 1 aliphatic heterocycles. The predicted octanol–water partition coefficient (Wildman–Crippen LogP) is 1.16. The first-order chi connectivity index (χ1) is 10.1. The van der Waals surface area contributed by atoms with Gasteiger partial charge in [0.05, 0.1) is 12.7 Å². The highest BCUT2D eigenvalue weighted by molar-refractivity contribution is 7.80. The second-order valence-corrected chi connectivity index (χ2v) is 4.51. The van der Waals surface area contributed by atoms with Crippen molar-refractivity contribution in [2.24, 2.45) is 5.10 Å². The van der Waals surface area contributed by atoms with Gasteiger partial charge in [0.15, 0.2) is 11.3 Å². The van der Waals surface area contributed by atoms with E-state index in [2.05, 4.69) is 20.6 Å². The number of nitrogens with one attached hydrogen (secondary N) is 2. The van der Waals surface area contributed by atoms with Crippen molar-refractivity contribution in [3.63, 3.8) is 0 Å². The van der Waals surface area contributed by atoms with Gasteiger partial charge in [0.2, 0.25) is 0 Å². The quantitative estimate of drug-likeness (QED) is 0.642. The number of rotatable bonds is 4. The van der Waals surface area contributed by atoms with E-state index >= 15 is 0 Å². The van der Waals surface area contributed by atoms with Gasteiger partial charge in [0, 0.05) is 12.2 Å². The van der Waals surface area contributed by atoms with Crippen LogP contribution in [0.5, 0.6) is 0 Å². The van der Waals surface area contributed by atoms with Crippen molar-refractivity contribution in [2.75, 3.05) is 13.7 Å². The van der Waals surface area contributed by atoms with Crippen LogP contribution in [0.2, 0.25) is 0 Å². The Balaban J connectivity index is 2.34. The van der Waals surface area contributed by atoms with Crippen LogP contribution in [-0.4, -0.2) is 36.7 Å². The average molecular weight is 311 g/mol. The molecule has 1 unspecified atom stereocenters. The van der Waals surface area contributed by atoms with Crippen molar-refractivity contribution in [1.82, 2.24) is 10.7 Å². The molecule has 0 saturated carbocycles. The van der Waals surface area contributed by atoms with Crippen LogP contribution in [-0.2, 0) is 9.47 Å². The predicted molar refractivity (Wildman–Crippen MR) is 78.6 cm³/mol. The van der Waals surface area contributed by atoms with Crippen molar-refractivity contribution in [3.05, 3.63) is 35.1 Å². The van der Waals surface area contributed by atoms with Gasteiger partial charge in [-0.25, -0.2) is 9.18 Å². The molecule has 2 N–H and O–H groups in total. The molecule has 0 radical (unpaired) electrons. The number of halogens is 1. The fourth-order valence-corrected chi connectivity index (χ4v) is 2.00. The van der Waals surface area contributed by atoms with E-state index in [-0.39, 0.29) is 5.56 Å². The maximum Gasteiger partial charge on any atom is 0.340 e. The second kappa shape index (κ2) is 6.59. The number of benzene rings is 1. The number of nitrogens with zero attached hydrogens (tertiary/aromatic N) is 1. The molecule has 112 valence electrons. The fourth-order valence-electron chi connectivity index (χ4n) is 1.84. The molecule has 6 nitrogen and oxygen atoms in total. The van der Waals surface area contributed by atoms with Gasteiger partial charge in [-0.2, -0.15) is 5.10 Å². The molecule has 1 atom stereocenters. The number of methoxy groups -OCH3 is 1. The van der Waals surface area contributed by atoms with Crippen LogP contribution >= 0.6 is 12.2 Å². The number of hydrogen-bond donors (Lipinski definition) is 2. The van der Waals surface area contributed by atoms with Gasteiger partial charge >= 0.3 is 5.97 Å². The lowest BCUT2D eigenvalue weighted by atomic mass is 10.1. The van der Waals surface area contributed by atoms with Gasteiger partial charge in [-0.1, -0.05) is 6.07 Å². The van der Waals surface area contributed by atoms with Gasteiger partial charge in [-0.05, 0) is 31.3 Å². The SMILES string of the molecule is CCOC1NC(=S)NN=C1c1ccc(C(=O)OC)c(F)c1. The lowest BCUT2D eigenvalue weighted by Gasteiger charge is -2.26. The third kappa shape index (κ3) is 3.34. The largest absolute Gasteiger partial charge is 0.465 e. The van der Waals surface area contributed by atoms with Crippen molar-refractivity contribution in [3.8, 4) is 0 Å². The summed E-state index contributed by atoms with van der Waals surface area (Å²) in [6, 6.07) is 4.11. The van der Waals surface area contributed by atoms with Crippen LogP contribution in [0, 0.1) is 5.82 Å². The highest BCUT2D eigenvalue weighted by atomic mass is 32.1. The maximum absolute atomic E-state index is 14.0. The molecule has 2 rings (SSSR count). The van der Waals surface area contributed by atoms with E-state index in [1.807, 2.05) is 6.92 Å². The summed E-state index contributed by atoms with van der Waals surface area (Å²) in [7, 11) is 1.20. The fraction of sp³-hybridized carbons (Fsp3) is 0.308. The zero-order chi connectivity index (χ0) is 15.4. The summed E-state index contributed by atoms with van der Waals surface area (Å²) in [5.41, 5.74) is 3.38. The normalized spacial score (nSPS) is 17.6. The Morgan fingerprint density at radius 3 is 2.90 bits per heavy atom. The van der Waals surface area contributed by atoms with Gasteiger partial charge < -0.3 is 14.8 Å². The van der Waals surface area contributed by atoms with Gasteiger partial charge in [-0.15, -0.1) is 0 Å². The van der Waals surface area contributed by atoms with E-state index in [9.17, 15) is 9.18 Å². The molecule has 0 aromatic heterocycles. The lowest BCUT2D eigenvalue weighted by Crippen LogP contribution is -2.51. The molecule has 0 spiro atoms. The molecule has 0 amide bonds. The number of hydrogen-bond acceptors (Lipinski definition) is 5. The molecule has 0 fully saturated rings. The number of hydrazone groups is 1. The first-order valence-corrected chi connectivity index (χ1v) is 6.61. The van der Waals surface area contributed by atoms with Gasteiger partial charge in [0.25, 0.3) is 0 Å². The first kappa shape index (κ1) is 15.3. The average Bonchev–Trinajstić information content (AvgIpc) is 2.47. The standard InChI is InChI=1S/C13H14FN3O3S/c1-3-20-11-10(16-17-13(21)15-11)7-4-5-8(9(14)6-7)12(18)19-2/h4-6,11H,3H2,1-2H3,(H2,15,17,21). The second-order valence-electron chi connectivity index (χ2n) is 4.10. The summed E-state index contributed by atoms with van der Waals surface area (Å²) < 4.78 is 23.9. The van der Waals surface area contributed by atoms with Crippen LogP contribution in [0.3, 0.4) is 0 Å². The maximum atomic E-state index is 14.0. The van der Waals surface area contributed by atoms with Crippen molar-refractivity contribution in [2.45, 2.75) is 13.2 Å². The summed E-state index contributed by atoms with van der Waals surface area (Å²) in [5, 5.41) is 7.28. The monoisotopic (exact) mass is 311 g/mol. The Labute approximate surface area is 126 Å². The van der Waals surface area contributed by atoms with E-state index in [0.29, 0.717) is 23.0 Å². The number of esters is 1. The summed E-state index contributed by atoms with van der Waals surface area (Å²) in [5.74, 6) is -1.42. The molecule has 21 heavy (non-hydrogen) atoms. The van der Waals surface area contributed by atoms with E-state index in [4.69, 9.17) is 17.0 Å². The minimum Gasteiger partial charge on any atom is -0.465 e. The Morgan fingerprint density at radius 1 is 1.52 bits per heavy atom. The Bertz CT molecular complexity index is 606. The third-order valence-corrected chi connectivity index (χ3v) is 3.00. The van der Waals surface area contributed by atoms with E-state index in [1.54, 1.807) is 6.07 Å². The molecular formula is C13H14FN3O3S. The molecule has 1 aliphatic rings. The molecule has 1 aromatic carbocycles. The zero-order valence-corrected chi connectivity index (χ0v) is 12.3. The highest BCUT2D eigenvalue weighted by Gasteiger charge is 2.24. The van der Waals surface area contributed by atoms with Crippen LogP contribution in [0.4, 0.5) is 4.39 Å². The van der Waals surface area contributed by atoms with Crippen molar-refractivity contribution >= 4 is 29.0 Å².